The van der Waals surface area contributed by atoms with Gasteiger partial charge in [-0.3, -0.25) is 9.97 Å². The average Bonchev–Trinajstić information content (AvgIpc) is 1.45. The zero-order chi connectivity index (χ0) is 62.3. The number of hydrogen-bond acceptors (Lipinski definition) is 12. The minimum absolute atomic E-state index is 0.594. The van der Waals surface area contributed by atoms with Crippen LogP contribution in [0.3, 0.4) is 0 Å². The van der Waals surface area contributed by atoms with E-state index in [1.165, 1.54) is 14.8 Å². The van der Waals surface area contributed by atoms with Gasteiger partial charge >= 0.3 is 0 Å². The Kier molecular flexibility index (Phi) is 14.1. The lowest BCUT2D eigenvalue weighted by Crippen LogP contribution is -2.00. The first-order chi connectivity index (χ1) is 46.5. The van der Waals surface area contributed by atoms with Crippen molar-refractivity contribution in [1.29, 1.82) is 0 Å². The minimum Gasteiger partial charge on any atom is -0.454 e. The number of aromatic nitrogens is 10. The first kappa shape index (κ1) is 55.4. The molecule has 18 aromatic rings. The van der Waals surface area contributed by atoms with Crippen molar-refractivity contribution < 1.29 is 4.42 Å². The van der Waals surface area contributed by atoms with Crippen LogP contribution in [0.2, 0.25) is 0 Å². The van der Waals surface area contributed by atoms with E-state index in [1.807, 2.05) is 170 Å². The number of hydrogen-bond donors (Lipinski definition) is 0. The Balaban J connectivity index is 0.000000143. The van der Waals surface area contributed by atoms with Gasteiger partial charge in [0.25, 0.3) is 0 Å². The highest BCUT2D eigenvalue weighted by atomic mass is 32.1. The zero-order valence-corrected chi connectivity index (χ0v) is 51.0. The van der Waals surface area contributed by atoms with E-state index < -0.39 is 0 Å². The van der Waals surface area contributed by atoms with E-state index in [2.05, 4.69) is 131 Å². The molecule has 11 nitrogen and oxygen atoms in total. The van der Waals surface area contributed by atoms with Crippen LogP contribution in [0.1, 0.15) is 0 Å². The Morgan fingerprint density at radius 3 is 1.09 bits per heavy atom. The SMILES string of the molecule is c1ccc(-c2nc(-c3ccccc3)nc(-c3cc(-c4cccnc4)cc(-c4ccc5nc6c(cc5c4)oc4ccccc46)c3)n2)cc1.c1ccc(-c2nc(-c3ccccc3)nc(-c3cc(-c4cccnc4)cc(-c4ccc5nc6c(cc5c4)sc4ccccc46)c3)n2)cc1. The molecule has 8 heterocycles. The van der Waals surface area contributed by atoms with E-state index in [0.717, 1.165) is 127 Å². The van der Waals surface area contributed by atoms with E-state index in [1.54, 1.807) is 23.7 Å². The quantitative estimate of drug-likeness (QED) is 0.129. The van der Waals surface area contributed by atoms with Crippen LogP contribution in [0.4, 0.5) is 0 Å². The summed E-state index contributed by atoms with van der Waals surface area (Å²) in [6, 6.07) is 94.9. The van der Waals surface area contributed by atoms with Crippen LogP contribution in [0.5, 0.6) is 0 Å². The van der Waals surface area contributed by atoms with Crippen molar-refractivity contribution in [1.82, 2.24) is 49.8 Å². The lowest BCUT2D eigenvalue weighted by atomic mass is 9.95. The molecule has 0 radical (unpaired) electrons. The van der Waals surface area contributed by atoms with Crippen molar-refractivity contribution in [2.24, 2.45) is 0 Å². The van der Waals surface area contributed by atoms with Crippen molar-refractivity contribution >= 4 is 75.5 Å². The van der Waals surface area contributed by atoms with Gasteiger partial charge < -0.3 is 4.42 Å². The molecule has 0 aliphatic carbocycles. The summed E-state index contributed by atoms with van der Waals surface area (Å²) in [5.41, 5.74) is 19.2. The van der Waals surface area contributed by atoms with Gasteiger partial charge in [0, 0.05) is 95.5 Å². The van der Waals surface area contributed by atoms with Gasteiger partial charge in [0.15, 0.2) is 40.5 Å². The van der Waals surface area contributed by atoms with Gasteiger partial charge in [-0.1, -0.05) is 176 Å². The van der Waals surface area contributed by atoms with Gasteiger partial charge in [-0.25, -0.2) is 39.9 Å². The van der Waals surface area contributed by atoms with Crippen LogP contribution in [0.15, 0.2) is 308 Å². The molecule has 12 heteroatoms. The summed E-state index contributed by atoms with van der Waals surface area (Å²) < 4.78 is 8.60. The molecule has 18 rings (SSSR count). The van der Waals surface area contributed by atoms with Gasteiger partial charge in [-0.15, -0.1) is 11.3 Å². The molecule has 0 aliphatic heterocycles. The number of rotatable bonds is 10. The van der Waals surface area contributed by atoms with Gasteiger partial charge in [0.1, 0.15) is 11.1 Å². The molecule has 94 heavy (non-hydrogen) atoms. The average molecular weight is 1220 g/mol. The predicted octanol–water partition coefficient (Wildman–Crippen LogP) is 20.6. The summed E-state index contributed by atoms with van der Waals surface area (Å²) >= 11 is 1.78. The minimum atomic E-state index is 0.594. The van der Waals surface area contributed by atoms with Crippen LogP contribution in [-0.4, -0.2) is 49.8 Å². The van der Waals surface area contributed by atoms with Crippen LogP contribution < -0.4 is 0 Å². The summed E-state index contributed by atoms with van der Waals surface area (Å²) in [5.74, 6) is 3.71. The van der Waals surface area contributed by atoms with Gasteiger partial charge in [-0.05, 0) is 137 Å². The fourth-order valence-corrected chi connectivity index (χ4v) is 13.2. The second kappa shape index (κ2) is 24.0. The summed E-state index contributed by atoms with van der Waals surface area (Å²) in [6.45, 7) is 0. The number of pyridine rings is 4. The summed E-state index contributed by atoms with van der Waals surface area (Å²) in [6.07, 6.45) is 7.35. The lowest BCUT2D eigenvalue weighted by Gasteiger charge is -2.13. The molecule has 0 aliphatic rings. The molecule has 0 saturated carbocycles. The summed E-state index contributed by atoms with van der Waals surface area (Å²) in [7, 11) is 0. The molecule has 0 bridgehead atoms. The molecule has 440 valence electrons. The number of fused-ring (bicyclic) bond motifs is 8. The van der Waals surface area contributed by atoms with E-state index in [9.17, 15) is 0 Å². The van der Waals surface area contributed by atoms with Crippen LogP contribution in [0.25, 0.3) is 177 Å². The molecular formula is C82H50N10OS. The molecule has 0 spiro atoms. The summed E-state index contributed by atoms with van der Waals surface area (Å²) in [5, 5.41) is 4.33. The Labute approximate surface area is 543 Å². The van der Waals surface area contributed by atoms with Crippen molar-refractivity contribution in [2.45, 2.75) is 0 Å². The Morgan fingerprint density at radius 1 is 0.234 bits per heavy atom. The Morgan fingerprint density at radius 2 is 0.617 bits per heavy atom. The molecule has 8 aromatic heterocycles. The number of furan rings is 1. The maximum Gasteiger partial charge on any atom is 0.164 e. The van der Waals surface area contributed by atoms with Crippen molar-refractivity contribution in [3.05, 3.63) is 304 Å². The number of para-hydroxylation sites is 1. The molecule has 10 aromatic carbocycles. The maximum absolute atomic E-state index is 6.16. The van der Waals surface area contributed by atoms with E-state index in [-0.39, 0.29) is 0 Å². The van der Waals surface area contributed by atoms with E-state index >= 15 is 0 Å². The third-order valence-corrected chi connectivity index (χ3v) is 17.8. The number of benzene rings is 10. The first-order valence-corrected chi connectivity index (χ1v) is 31.6. The van der Waals surface area contributed by atoms with Crippen LogP contribution >= 0.6 is 11.3 Å². The molecule has 0 unspecified atom stereocenters. The van der Waals surface area contributed by atoms with Crippen molar-refractivity contribution in [3.63, 3.8) is 0 Å². The largest absolute Gasteiger partial charge is 0.454 e. The predicted molar refractivity (Wildman–Crippen MR) is 380 cm³/mol. The Hall–Kier alpha value is -12.6. The fraction of sp³-hybridized carbons (Fsp3) is 0. The van der Waals surface area contributed by atoms with Crippen molar-refractivity contribution in [2.75, 3.05) is 0 Å². The van der Waals surface area contributed by atoms with Crippen molar-refractivity contribution in [3.8, 4) is 113 Å². The normalized spacial score (nSPS) is 11.4. The molecule has 0 fully saturated rings. The number of thiophene rings is 1. The highest BCUT2D eigenvalue weighted by Gasteiger charge is 2.19. The topological polar surface area (TPSA) is 142 Å². The highest BCUT2D eigenvalue weighted by Crippen LogP contribution is 2.40. The van der Waals surface area contributed by atoms with Crippen LogP contribution in [0, 0.1) is 0 Å². The summed E-state index contributed by atoms with van der Waals surface area (Å²) in [4.78, 5) is 48.7. The molecule has 0 atom stereocenters. The van der Waals surface area contributed by atoms with Gasteiger partial charge in [0.05, 0.1) is 21.3 Å². The molecule has 0 amide bonds. The van der Waals surface area contributed by atoms with Gasteiger partial charge in [-0.2, -0.15) is 0 Å². The lowest BCUT2D eigenvalue weighted by molar-refractivity contribution is 0.669. The highest BCUT2D eigenvalue weighted by molar-refractivity contribution is 7.25. The first-order valence-electron chi connectivity index (χ1n) is 30.8. The van der Waals surface area contributed by atoms with E-state index in [0.29, 0.717) is 34.9 Å². The third kappa shape index (κ3) is 10.9. The Bertz CT molecular complexity index is 5380. The smallest absolute Gasteiger partial charge is 0.164 e. The van der Waals surface area contributed by atoms with Crippen LogP contribution in [-0.2, 0) is 0 Å². The standard InChI is InChI=1S/C41H25N5O.C41H25N5S/c2*1-3-10-26(11-4-1)39-44-40(27-12-5-2-6-13-27)46-41(45-39)33-22-30(21-31(23-33)29-14-9-19-42-25-29)28-17-18-35-32(20-28)24-37-38(43-35)34-15-7-8-16-36(34)47-37/h2*1-25H. The van der Waals surface area contributed by atoms with E-state index in [4.69, 9.17) is 44.3 Å². The maximum atomic E-state index is 6.16. The number of nitrogens with zero attached hydrogens (tertiary/aromatic N) is 10. The molecular weight excluding hydrogens is 1170 g/mol. The third-order valence-electron chi connectivity index (χ3n) is 16.7. The second-order valence-corrected chi connectivity index (χ2v) is 23.9. The second-order valence-electron chi connectivity index (χ2n) is 22.8. The molecule has 0 N–H and O–H groups in total. The van der Waals surface area contributed by atoms with Gasteiger partial charge in [0.2, 0.25) is 0 Å². The zero-order valence-electron chi connectivity index (χ0n) is 50.2. The fourth-order valence-electron chi connectivity index (χ4n) is 12.1. The monoisotopic (exact) mass is 1220 g/mol. The molecule has 0 saturated heterocycles.